The van der Waals surface area contributed by atoms with Crippen LogP contribution >= 0.6 is 0 Å². The Morgan fingerprint density at radius 2 is 2.09 bits per heavy atom. The molecule has 5 rings (SSSR count). The molecule has 164 valence electrons. The van der Waals surface area contributed by atoms with Crippen LogP contribution in [0.25, 0.3) is 6.08 Å². The van der Waals surface area contributed by atoms with Crippen molar-refractivity contribution in [3.05, 3.63) is 71.2 Å². The van der Waals surface area contributed by atoms with Crippen molar-refractivity contribution in [3.8, 4) is 5.75 Å². The third-order valence-electron chi connectivity index (χ3n) is 5.69. The second kappa shape index (κ2) is 8.96. The van der Waals surface area contributed by atoms with Crippen LogP contribution in [0.2, 0.25) is 0 Å². The summed E-state index contributed by atoms with van der Waals surface area (Å²) in [5.74, 6) is 1.49. The monoisotopic (exact) mass is 431 g/mol. The smallest absolute Gasteiger partial charge is 0.229 e. The highest BCUT2D eigenvalue weighted by molar-refractivity contribution is 5.71. The molecule has 3 aromatic rings. The second-order valence-corrected chi connectivity index (χ2v) is 8.30. The molecule has 0 bridgehead atoms. The molecule has 0 amide bonds. The predicted molar refractivity (Wildman–Crippen MR) is 125 cm³/mol. The minimum Gasteiger partial charge on any atom is -0.489 e. The Labute approximate surface area is 186 Å². The zero-order valence-electron chi connectivity index (χ0n) is 18.0. The maximum atomic E-state index is 14.9. The molecule has 1 saturated heterocycles. The molecule has 1 atom stereocenters. The third kappa shape index (κ3) is 4.57. The van der Waals surface area contributed by atoms with E-state index in [4.69, 9.17) is 4.74 Å². The van der Waals surface area contributed by atoms with Gasteiger partial charge in [0.2, 0.25) is 5.95 Å². The van der Waals surface area contributed by atoms with Crippen LogP contribution in [0.5, 0.6) is 5.75 Å². The van der Waals surface area contributed by atoms with Gasteiger partial charge in [-0.15, -0.1) is 0 Å². The Morgan fingerprint density at radius 1 is 1.16 bits per heavy atom. The fraction of sp³-hybridized carbons (Fsp3) is 0.280. The van der Waals surface area contributed by atoms with Crippen LogP contribution < -0.4 is 20.7 Å². The molecule has 1 fully saturated rings. The first kappa shape index (κ1) is 20.5. The summed E-state index contributed by atoms with van der Waals surface area (Å²) in [5, 5.41) is 9.65. The van der Waals surface area contributed by atoms with E-state index in [2.05, 4.69) is 25.9 Å². The van der Waals surface area contributed by atoms with E-state index in [9.17, 15) is 4.39 Å². The van der Waals surface area contributed by atoms with Crippen molar-refractivity contribution in [1.82, 2.24) is 15.3 Å². The first-order chi connectivity index (χ1) is 15.6. The van der Waals surface area contributed by atoms with E-state index in [1.165, 1.54) is 0 Å². The Balaban J connectivity index is 1.29. The molecule has 0 spiro atoms. The van der Waals surface area contributed by atoms with Crippen LogP contribution in [-0.4, -0.2) is 29.2 Å². The van der Waals surface area contributed by atoms with Gasteiger partial charge in [-0.3, -0.25) is 0 Å². The van der Waals surface area contributed by atoms with E-state index in [1.54, 1.807) is 18.3 Å². The molecular weight excluding hydrogens is 405 g/mol. The maximum absolute atomic E-state index is 14.9. The summed E-state index contributed by atoms with van der Waals surface area (Å²) in [6, 6.07) is 13.2. The molecule has 1 aliphatic carbocycles. The van der Waals surface area contributed by atoms with Gasteiger partial charge in [-0.25, -0.2) is 9.37 Å². The van der Waals surface area contributed by atoms with Crippen LogP contribution in [0.3, 0.4) is 0 Å². The molecule has 0 radical (unpaired) electrons. The number of ether oxygens (including phenoxy) is 1. The number of benzene rings is 2. The van der Waals surface area contributed by atoms with Crippen molar-refractivity contribution < 1.29 is 9.13 Å². The van der Waals surface area contributed by atoms with Gasteiger partial charge >= 0.3 is 0 Å². The lowest BCUT2D eigenvalue weighted by Crippen LogP contribution is -2.37. The molecule has 6 nitrogen and oxygen atoms in total. The molecule has 0 saturated carbocycles. The zero-order valence-corrected chi connectivity index (χ0v) is 18.0. The van der Waals surface area contributed by atoms with Gasteiger partial charge in [0.05, 0.1) is 5.69 Å². The Hall–Kier alpha value is -3.45. The molecule has 32 heavy (non-hydrogen) atoms. The number of anilines is 4. The molecule has 7 heteroatoms. The van der Waals surface area contributed by atoms with Crippen molar-refractivity contribution in [2.24, 2.45) is 0 Å². The average molecular weight is 432 g/mol. The Morgan fingerprint density at radius 3 is 2.97 bits per heavy atom. The van der Waals surface area contributed by atoms with Crippen molar-refractivity contribution in [1.29, 1.82) is 0 Å². The summed E-state index contributed by atoms with van der Waals surface area (Å²) >= 11 is 0. The highest BCUT2D eigenvalue weighted by Crippen LogP contribution is 2.32. The van der Waals surface area contributed by atoms with Crippen molar-refractivity contribution in [2.75, 3.05) is 23.7 Å². The van der Waals surface area contributed by atoms with E-state index in [-0.39, 0.29) is 11.9 Å². The number of hydrogen-bond donors (Lipinski definition) is 3. The number of fused-ring (bicyclic) bond motifs is 1. The molecule has 1 aliphatic heterocycles. The number of nitrogens with one attached hydrogen (secondary N) is 3. The van der Waals surface area contributed by atoms with E-state index >= 15 is 0 Å². The van der Waals surface area contributed by atoms with Gasteiger partial charge in [0.1, 0.15) is 17.7 Å². The average Bonchev–Trinajstić information content (AvgIpc) is 3.18. The fourth-order valence-electron chi connectivity index (χ4n) is 4.15. The maximum Gasteiger partial charge on any atom is 0.229 e. The van der Waals surface area contributed by atoms with E-state index < -0.39 is 0 Å². The van der Waals surface area contributed by atoms with Gasteiger partial charge < -0.3 is 20.7 Å². The van der Waals surface area contributed by atoms with Gasteiger partial charge in [0.25, 0.3) is 0 Å². The quantitative estimate of drug-likeness (QED) is 0.499. The number of rotatable bonds is 6. The van der Waals surface area contributed by atoms with Gasteiger partial charge in [0, 0.05) is 30.1 Å². The normalized spacial score (nSPS) is 17.4. The lowest BCUT2D eigenvalue weighted by Gasteiger charge is -2.24. The van der Waals surface area contributed by atoms with Crippen LogP contribution in [0.1, 0.15) is 30.9 Å². The van der Waals surface area contributed by atoms with Crippen LogP contribution in [0.4, 0.5) is 27.5 Å². The van der Waals surface area contributed by atoms with Crippen LogP contribution in [0.15, 0.2) is 54.2 Å². The van der Waals surface area contributed by atoms with Crippen molar-refractivity contribution in [2.45, 2.75) is 32.3 Å². The van der Waals surface area contributed by atoms with Gasteiger partial charge in [-0.1, -0.05) is 23.8 Å². The number of hydrogen-bond acceptors (Lipinski definition) is 6. The second-order valence-electron chi connectivity index (χ2n) is 8.30. The van der Waals surface area contributed by atoms with Crippen LogP contribution in [-0.2, 0) is 6.42 Å². The largest absolute Gasteiger partial charge is 0.489 e. The first-order valence-corrected chi connectivity index (χ1v) is 11.0. The molecule has 3 N–H and O–H groups in total. The predicted octanol–water partition coefficient (Wildman–Crippen LogP) is 5.19. The SMILES string of the molecule is CC1=Cc2c(ccc(Nc3ccnc(Nc4cccc(OC5CCCNC5)c4)n3)c2F)C1. The molecule has 2 aliphatic rings. The zero-order chi connectivity index (χ0) is 21.9. The molecule has 1 aromatic heterocycles. The minimum atomic E-state index is -0.255. The van der Waals surface area contributed by atoms with Gasteiger partial charge in [0.15, 0.2) is 5.82 Å². The number of nitrogens with zero attached hydrogens (tertiary/aromatic N) is 2. The molecule has 2 aromatic carbocycles. The Kier molecular flexibility index (Phi) is 5.73. The highest BCUT2D eigenvalue weighted by atomic mass is 19.1. The van der Waals surface area contributed by atoms with Gasteiger partial charge in [-0.2, -0.15) is 4.98 Å². The number of allylic oxidation sites excluding steroid dienone is 1. The summed E-state index contributed by atoms with van der Waals surface area (Å²) in [4.78, 5) is 8.79. The van der Waals surface area contributed by atoms with E-state index in [0.29, 0.717) is 23.0 Å². The molecular formula is C25H26FN5O. The van der Waals surface area contributed by atoms with Gasteiger partial charge in [-0.05, 0) is 62.6 Å². The topological polar surface area (TPSA) is 71.1 Å². The lowest BCUT2D eigenvalue weighted by molar-refractivity contribution is 0.167. The number of piperidine rings is 1. The number of halogens is 1. The lowest BCUT2D eigenvalue weighted by atomic mass is 10.1. The summed E-state index contributed by atoms with van der Waals surface area (Å²) in [7, 11) is 0. The molecule has 2 heterocycles. The fourth-order valence-corrected chi connectivity index (χ4v) is 4.15. The minimum absolute atomic E-state index is 0.184. The van der Waals surface area contributed by atoms with E-state index in [1.807, 2.05) is 43.3 Å². The van der Waals surface area contributed by atoms with Crippen LogP contribution in [0, 0.1) is 5.82 Å². The van der Waals surface area contributed by atoms with Crippen molar-refractivity contribution in [3.63, 3.8) is 0 Å². The third-order valence-corrected chi connectivity index (χ3v) is 5.69. The van der Waals surface area contributed by atoms with Crippen molar-refractivity contribution >= 4 is 29.2 Å². The summed E-state index contributed by atoms with van der Waals surface area (Å²) in [5.41, 5.74) is 4.06. The standard InChI is InChI=1S/C25H26FN5O/c1-16-12-17-7-8-22(24(26)21(17)13-16)30-23-9-11-28-25(31-23)29-18-4-2-5-19(14-18)32-20-6-3-10-27-15-20/h2,4-5,7-9,11,13-14,20,27H,3,6,10,12,15H2,1H3,(H2,28,29,30,31). The molecule has 1 unspecified atom stereocenters. The summed E-state index contributed by atoms with van der Waals surface area (Å²) in [6.45, 7) is 3.93. The number of aromatic nitrogens is 2. The van der Waals surface area contributed by atoms with E-state index in [0.717, 1.165) is 54.9 Å². The summed E-state index contributed by atoms with van der Waals surface area (Å²) in [6.07, 6.45) is 6.70. The summed E-state index contributed by atoms with van der Waals surface area (Å²) < 4.78 is 21.0. The first-order valence-electron chi connectivity index (χ1n) is 11.0. The Bertz CT molecular complexity index is 1160. The highest BCUT2D eigenvalue weighted by Gasteiger charge is 2.17.